The van der Waals surface area contributed by atoms with Crippen LogP contribution in [0.5, 0.6) is 0 Å². The van der Waals surface area contributed by atoms with Crippen LogP contribution in [-0.2, 0) is 9.59 Å². The third-order valence-electron chi connectivity index (χ3n) is 3.72. The largest absolute Gasteiger partial charge is 0.376 e. The first-order chi connectivity index (χ1) is 12.6. The van der Waals surface area contributed by atoms with Crippen molar-refractivity contribution in [3.05, 3.63) is 53.0 Å². The average molecular weight is 418 g/mol. The first-order valence-electron chi connectivity index (χ1n) is 8.76. The minimum Gasteiger partial charge on any atom is -0.376 e. The van der Waals surface area contributed by atoms with Gasteiger partial charge in [-0.2, -0.15) is 0 Å². The van der Waals surface area contributed by atoms with Crippen LogP contribution in [0.2, 0.25) is 0 Å². The fourth-order valence-corrected chi connectivity index (χ4v) is 2.82. The lowest BCUT2D eigenvalue weighted by atomic mass is 10.2. The van der Waals surface area contributed by atoms with Crippen LogP contribution in [0.3, 0.4) is 0 Å². The van der Waals surface area contributed by atoms with E-state index in [-0.39, 0.29) is 18.4 Å². The third kappa shape index (κ3) is 7.27. The zero-order valence-corrected chi connectivity index (χ0v) is 16.4. The maximum Gasteiger partial charge on any atom is 0.243 e. The Kier molecular flexibility index (Phi) is 8.15. The fourth-order valence-electron chi connectivity index (χ4n) is 2.42. The van der Waals surface area contributed by atoms with Crippen molar-refractivity contribution in [3.8, 4) is 0 Å². The molecule has 0 fully saturated rings. The summed E-state index contributed by atoms with van der Waals surface area (Å²) in [5.41, 5.74) is 2.24. The Labute approximate surface area is 162 Å². The second-order valence-corrected chi connectivity index (χ2v) is 6.91. The number of nitrogens with one attached hydrogen (secondary N) is 3. The molecule has 2 rings (SSSR count). The summed E-state index contributed by atoms with van der Waals surface area (Å²) in [4.78, 5) is 23.9. The standard InChI is InChI=1S/C20H24BrN3O2/c1-2-3-4-11-19(25)23-18-10-6-8-16(13-18)22-14-20(26)24-17-9-5-7-15(21)12-17/h5-10,12-13,22H,2-4,11,14H2,1H3,(H,23,25)(H,24,26). The Hall–Kier alpha value is -2.34. The monoisotopic (exact) mass is 417 g/mol. The molecule has 0 atom stereocenters. The van der Waals surface area contributed by atoms with Crippen LogP contribution < -0.4 is 16.0 Å². The van der Waals surface area contributed by atoms with E-state index in [1.165, 1.54) is 0 Å². The summed E-state index contributed by atoms with van der Waals surface area (Å²) in [7, 11) is 0. The Morgan fingerprint density at radius 2 is 1.54 bits per heavy atom. The van der Waals surface area contributed by atoms with Crippen molar-refractivity contribution in [1.82, 2.24) is 0 Å². The number of rotatable bonds is 9. The van der Waals surface area contributed by atoms with Gasteiger partial charge in [-0.1, -0.05) is 47.8 Å². The summed E-state index contributed by atoms with van der Waals surface area (Å²) in [6.07, 6.45) is 3.58. The van der Waals surface area contributed by atoms with Crippen molar-refractivity contribution >= 4 is 44.8 Å². The molecule has 0 aliphatic carbocycles. The number of hydrogen-bond acceptors (Lipinski definition) is 3. The van der Waals surface area contributed by atoms with Gasteiger partial charge in [0.05, 0.1) is 6.54 Å². The molecule has 0 aliphatic rings. The molecule has 2 aromatic rings. The summed E-state index contributed by atoms with van der Waals surface area (Å²) in [5.74, 6) is -0.125. The lowest BCUT2D eigenvalue weighted by molar-refractivity contribution is -0.116. The van der Waals surface area contributed by atoms with Crippen molar-refractivity contribution in [2.75, 3.05) is 22.5 Å². The molecule has 6 heteroatoms. The van der Waals surface area contributed by atoms with E-state index in [4.69, 9.17) is 0 Å². The highest BCUT2D eigenvalue weighted by atomic mass is 79.9. The van der Waals surface area contributed by atoms with Gasteiger partial charge < -0.3 is 16.0 Å². The summed E-state index contributed by atoms with van der Waals surface area (Å²) in [6.45, 7) is 2.25. The van der Waals surface area contributed by atoms with Gasteiger partial charge in [-0.3, -0.25) is 9.59 Å². The molecule has 0 radical (unpaired) electrons. The Balaban J connectivity index is 1.82. The predicted molar refractivity (Wildman–Crippen MR) is 110 cm³/mol. The molecule has 0 aromatic heterocycles. The molecule has 0 aliphatic heterocycles. The zero-order valence-electron chi connectivity index (χ0n) is 14.8. The molecular weight excluding hydrogens is 394 g/mol. The minimum absolute atomic E-state index is 0.0167. The van der Waals surface area contributed by atoms with E-state index in [1.54, 1.807) is 0 Å². The van der Waals surface area contributed by atoms with Crippen molar-refractivity contribution < 1.29 is 9.59 Å². The van der Waals surface area contributed by atoms with Crippen molar-refractivity contribution in [1.29, 1.82) is 0 Å². The van der Waals surface area contributed by atoms with E-state index >= 15 is 0 Å². The first-order valence-corrected chi connectivity index (χ1v) is 9.55. The molecular formula is C20H24BrN3O2. The van der Waals surface area contributed by atoms with Crippen LogP contribution in [0.4, 0.5) is 17.1 Å². The van der Waals surface area contributed by atoms with E-state index < -0.39 is 0 Å². The van der Waals surface area contributed by atoms with Crippen LogP contribution in [0.15, 0.2) is 53.0 Å². The number of halogens is 1. The first kappa shape index (κ1) is 20.0. The van der Waals surface area contributed by atoms with Crippen molar-refractivity contribution in [3.63, 3.8) is 0 Å². The van der Waals surface area contributed by atoms with Gasteiger partial charge in [0.1, 0.15) is 0 Å². The second kappa shape index (κ2) is 10.6. The summed E-state index contributed by atoms with van der Waals surface area (Å²) in [6, 6.07) is 14.8. The highest BCUT2D eigenvalue weighted by Crippen LogP contribution is 2.17. The molecule has 0 saturated carbocycles. The molecule has 2 aromatic carbocycles. The van der Waals surface area contributed by atoms with Gasteiger partial charge in [0.25, 0.3) is 0 Å². The van der Waals surface area contributed by atoms with Gasteiger partial charge in [-0.15, -0.1) is 0 Å². The fraction of sp³-hybridized carbons (Fsp3) is 0.300. The number of hydrogen-bond donors (Lipinski definition) is 3. The normalized spacial score (nSPS) is 10.2. The van der Waals surface area contributed by atoms with Crippen LogP contribution in [-0.4, -0.2) is 18.4 Å². The topological polar surface area (TPSA) is 70.2 Å². The zero-order chi connectivity index (χ0) is 18.8. The van der Waals surface area contributed by atoms with Gasteiger partial charge in [0.15, 0.2) is 0 Å². The third-order valence-corrected chi connectivity index (χ3v) is 4.21. The van der Waals surface area contributed by atoms with Crippen molar-refractivity contribution in [2.45, 2.75) is 32.6 Å². The smallest absolute Gasteiger partial charge is 0.243 e. The van der Waals surface area contributed by atoms with E-state index in [2.05, 4.69) is 38.8 Å². The Bertz CT molecular complexity index is 749. The number of unbranched alkanes of at least 4 members (excludes halogenated alkanes) is 2. The van der Waals surface area contributed by atoms with Crippen LogP contribution in [0.25, 0.3) is 0 Å². The number of benzene rings is 2. The molecule has 0 heterocycles. The maximum atomic E-state index is 12.0. The Morgan fingerprint density at radius 3 is 2.27 bits per heavy atom. The number of carbonyl (C=O) groups is 2. The Morgan fingerprint density at radius 1 is 0.885 bits per heavy atom. The summed E-state index contributed by atoms with van der Waals surface area (Å²) in [5, 5.41) is 8.79. The molecule has 0 saturated heterocycles. The summed E-state index contributed by atoms with van der Waals surface area (Å²) >= 11 is 3.37. The molecule has 0 bridgehead atoms. The molecule has 2 amide bonds. The number of amides is 2. The SMILES string of the molecule is CCCCCC(=O)Nc1cccc(NCC(=O)Nc2cccc(Br)c2)c1. The van der Waals surface area contributed by atoms with Crippen LogP contribution >= 0.6 is 15.9 Å². The van der Waals surface area contributed by atoms with E-state index in [0.29, 0.717) is 6.42 Å². The van der Waals surface area contributed by atoms with E-state index in [1.807, 2.05) is 48.5 Å². The highest BCUT2D eigenvalue weighted by molar-refractivity contribution is 9.10. The number of anilines is 3. The van der Waals surface area contributed by atoms with Gasteiger partial charge >= 0.3 is 0 Å². The predicted octanol–water partition coefficient (Wildman–Crippen LogP) is 5.02. The lowest BCUT2D eigenvalue weighted by Crippen LogP contribution is -2.21. The van der Waals surface area contributed by atoms with Crippen molar-refractivity contribution in [2.24, 2.45) is 0 Å². The van der Waals surface area contributed by atoms with E-state index in [0.717, 1.165) is 40.8 Å². The lowest BCUT2D eigenvalue weighted by Gasteiger charge is -2.10. The molecule has 0 unspecified atom stereocenters. The summed E-state index contributed by atoms with van der Waals surface area (Å²) < 4.78 is 0.908. The van der Waals surface area contributed by atoms with Crippen LogP contribution in [0.1, 0.15) is 32.6 Å². The minimum atomic E-state index is -0.142. The molecule has 0 spiro atoms. The quantitative estimate of drug-likeness (QED) is 0.501. The van der Waals surface area contributed by atoms with Gasteiger partial charge in [0, 0.05) is 28.0 Å². The molecule has 26 heavy (non-hydrogen) atoms. The molecule has 5 nitrogen and oxygen atoms in total. The second-order valence-electron chi connectivity index (χ2n) is 6.00. The van der Waals surface area contributed by atoms with Crippen LogP contribution in [0, 0.1) is 0 Å². The highest BCUT2D eigenvalue weighted by Gasteiger charge is 2.05. The average Bonchev–Trinajstić information content (AvgIpc) is 2.60. The maximum absolute atomic E-state index is 12.0. The molecule has 138 valence electrons. The molecule has 3 N–H and O–H groups in total. The van der Waals surface area contributed by atoms with Gasteiger partial charge in [-0.25, -0.2) is 0 Å². The van der Waals surface area contributed by atoms with Gasteiger partial charge in [-0.05, 0) is 42.8 Å². The van der Waals surface area contributed by atoms with E-state index in [9.17, 15) is 9.59 Å². The number of carbonyl (C=O) groups excluding carboxylic acids is 2. The van der Waals surface area contributed by atoms with Gasteiger partial charge in [0.2, 0.25) is 11.8 Å².